The first-order valence-electron chi connectivity index (χ1n) is 8.10. The number of rotatable bonds is 2. The maximum Gasteiger partial charge on any atom is 0.317 e. The van der Waals surface area contributed by atoms with Gasteiger partial charge in [0, 0.05) is 0 Å². The van der Waals surface area contributed by atoms with E-state index in [9.17, 15) is 9.59 Å². The fourth-order valence-corrected chi connectivity index (χ4v) is 1.79. The Morgan fingerprint density at radius 3 is 1.64 bits per heavy atom. The van der Waals surface area contributed by atoms with E-state index in [2.05, 4.69) is 55.8 Å². The van der Waals surface area contributed by atoms with Crippen LogP contribution in [-0.2, 0) is 19.7 Å². The van der Waals surface area contributed by atoms with Gasteiger partial charge in [-0.2, -0.15) is 0 Å². The van der Waals surface area contributed by atoms with Gasteiger partial charge >= 0.3 is 11.9 Å². The van der Waals surface area contributed by atoms with Crippen LogP contribution in [0, 0.1) is 11.8 Å². The fraction of sp³-hybridized carbons (Fsp3) is 0.579. The molecule has 1 aromatic rings. The molecule has 0 aromatic heterocycles. The number of esters is 2. The van der Waals surface area contributed by atoms with Crippen LogP contribution in [0.2, 0.25) is 0 Å². The number of benzene rings is 1. The van der Waals surface area contributed by atoms with E-state index in [4.69, 9.17) is 0 Å². The van der Waals surface area contributed by atoms with E-state index < -0.39 is 11.9 Å². The highest BCUT2D eigenvalue weighted by molar-refractivity contribution is 5.95. The van der Waals surface area contributed by atoms with Gasteiger partial charge in [-0.1, -0.05) is 78.8 Å². The molecule has 0 amide bonds. The van der Waals surface area contributed by atoms with E-state index in [1.54, 1.807) is 13.8 Å². The molecule has 0 spiro atoms. The second-order valence-corrected chi connectivity index (χ2v) is 5.92. The van der Waals surface area contributed by atoms with Crippen LogP contribution in [0.3, 0.4) is 0 Å². The van der Waals surface area contributed by atoms with Crippen LogP contribution in [0.15, 0.2) is 30.3 Å². The molecule has 1 heterocycles. The van der Waals surface area contributed by atoms with Crippen LogP contribution >= 0.6 is 0 Å². The molecule has 124 valence electrons. The number of hydrogen-bond acceptors (Lipinski definition) is 3. The molecule has 2 atom stereocenters. The quantitative estimate of drug-likeness (QED) is 0.585. The first-order chi connectivity index (χ1) is 10.3. The third kappa shape index (κ3) is 5.63. The van der Waals surface area contributed by atoms with Crippen molar-refractivity contribution in [2.75, 3.05) is 0 Å². The predicted molar refractivity (Wildman–Crippen MR) is 90.5 cm³/mol. The zero-order chi connectivity index (χ0) is 17.3. The Labute approximate surface area is 135 Å². The average molecular weight is 306 g/mol. The molecule has 1 saturated heterocycles. The molecule has 1 aliphatic rings. The van der Waals surface area contributed by atoms with Crippen LogP contribution in [-0.4, -0.2) is 11.9 Å². The lowest BCUT2D eigenvalue weighted by atomic mass is 9.82. The van der Waals surface area contributed by atoms with E-state index in [0.29, 0.717) is 5.41 Å². The van der Waals surface area contributed by atoms with Gasteiger partial charge in [-0.05, 0) is 17.4 Å². The van der Waals surface area contributed by atoms with Crippen LogP contribution in [0.4, 0.5) is 0 Å². The second-order valence-electron chi connectivity index (χ2n) is 5.92. The first-order valence-corrected chi connectivity index (χ1v) is 8.10. The van der Waals surface area contributed by atoms with Crippen molar-refractivity contribution in [3.8, 4) is 0 Å². The third-order valence-electron chi connectivity index (χ3n) is 4.13. The maximum atomic E-state index is 10.6. The minimum absolute atomic E-state index is 0.252. The maximum absolute atomic E-state index is 10.6. The second kappa shape index (κ2) is 9.39. The lowest BCUT2D eigenvalue weighted by Gasteiger charge is -2.22. The Balaban J connectivity index is 0.000000366. The van der Waals surface area contributed by atoms with Crippen molar-refractivity contribution in [3.05, 3.63) is 35.9 Å². The van der Waals surface area contributed by atoms with Gasteiger partial charge in [-0.15, -0.1) is 0 Å². The summed E-state index contributed by atoms with van der Waals surface area (Å²) in [7, 11) is 0. The summed E-state index contributed by atoms with van der Waals surface area (Å²) in [5.74, 6) is -1.30. The average Bonchev–Trinajstić information content (AvgIpc) is 2.77. The van der Waals surface area contributed by atoms with Crippen molar-refractivity contribution in [1.29, 1.82) is 0 Å². The molecule has 2 rings (SSSR count). The van der Waals surface area contributed by atoms with Gasteiger partial charge in [-0.3, -0.25) is 9.59 Å². The van der Waals surface area contributed by atoms with Crippen molar-refractivity contribution in [2.24, 2.45) is 11.8 Å². The highest BCUT2D eigenvalue weighted by atomic mass is 16.6. The number of hydrogen-bond donors (Lipinski definition) is 0. The Hall–Kier alpha value is -1.64. The molecule has 0 aliphatic carbocycles. The molecule has 1 aliphatic heterocycles. The smallest absolute Gasteiger partial charge is 0.317 e. The van der Waals surface area contributed by atoms with Crippen molar-refractivity contribution in [3.63, 3.8) is 0 Å². The summed E-state index contributed by atoms with van der Waals surface area (Å²) in [6.07, 6.45) is 1.19. The van der Waals surface area contributed by atoms with Crippen LogP contribution in [0.25, 0.3) is 0 Å². The summed E-state index contributed by atoms with van der Waals surface area (Å²) >= 11 is 0. The van der Waals surface area contributed by atoms with E-state index >= 15 is 0 Å². The number of carbonyl (C=O) groups excluding carboxylic acids is 2. The van der Waals surface area contributed by atoms with Gasteiger partial charge < -0.3 is 4.74 Å². The molecular formula is C19H30O3. The molecule has 0 saturated carbocycles. The predicted octanol–water partition coefficient (Wildman–Crippen LogP) is 4.74. The number of carbonyl (C=O) groups is 2. The van der Waals surface area contributed by atoms with E-state index in [-0.39, 0.29) is 11.8 Å². The fourth-order valence-electron chi connectivity index (χ4n) is 1.79. The topological polar surface area (TPSA) is 43.4 Å². The minimum Gasteiger partial charge on any atom is -0.393 e. The summed E-state index contributed by atoms with van der Waals surface area (Å²) in [6, 6.07) is 10.7. The monoisotopic (exact) mass is 306 g/mol. The number of ether oxygens (including phenoxy) is 1. The standard InChI is InChI=1S/C11H16.C6H8O3.C2H6/c1-4-11(2,3)10-8-6-5-7-9-10;1-3-4(2)6(8)9-5(3)7;1-2/h5-9H,4H2,1-3H3;3-4H,1-2H3;1-2H3. The summed E-state index contributed by atoms with van der Waals surface area (Å²) in [5.41, 5.74) is 1.77. The normalized spacial score (nSPS) is 20.3. The highest BCUT2D eigenvalue weighted by Crippen LogP contribution is 2.25. The van der Waals surface area contributed by atoms with Gasteiger partial charge in [0.25, 0.3) is 0 Å². The van der Waals surface area contributed by atoms with Crippen LogP contribution < -0.4 is 0 Å². The molecule has 3 nitrogen and oxygen atoms in total. The van der Waals surface area contributed by atoms with Gasteiger partial charge in [0.15, 0.2) is 0 Å². The van der Waals surface area contributed by atoms with Gasteiger partial charge in [0.1, 0.15) is 0 Å². The summed E-state index contributed by atoms with van der Waals surface area (Å²) in [5, 5.41) is 0. The van der Waals surface area contributed by atoms with Crippen molar-refractivity contribution >= 4 is 11.9 Å². The largest absolute Gasteiger partial charge is 0.393 e. The zero-order valence-electron chi connectivity index (χ0n) is 15.0. The third-order valence-corrected chi connectivity index (χ3v) is 4.13. The van der Waals surface area contributed by atoms with Crippen molar-refractivity contribution in [2.45, 2.75) is 60.3 Å². The van der Waals surface area contributed by atoms with E-state index in [0.717, 1.165) is 0 Å². The summed E-state index contributed by atoms with van der Waals surface area (Å²) < 4.78 is 4.31. The molecule has 22 heavy (non-hydrogen) atoms. The Bertz CT molecular complexity index is 445. The molecule has 1 fully saturated rings. The number of cyclic esters (lactones) is 2. The van der Waals surface area contributed by atoms with Crippen molar-refractivity contribution in [1.82, 2.24) is 0 Å². The molecule has 1 aromatic carbocycles. The SMILES string of the molecule is CC.CC1C(=O)OC(=O)C1C.CCC(C)(C)c1ccccc1. The summed E-state index contributed by atoms with van der Waals surface area (Å²) in [6.45, 7) is 14.2. The Kier molecular flexibility index (Phi) is 8.69. The lowest BCUT2D eigenvalue weighted by molar-refractivity contribution is -0.153. The van der Waals surface area contributed by atoms with E-state index in [1.165, 1.54) is 12.0 Å². The first kappa shape index (κ1) is 20.4. The van der Waals surface area contributed by atoms with Crippen LogP contribution in [0.1, 0.15) is 60.5 Å². The molecule has 2 unspecified atom stereocenters. The van der Waals surface area contributed by atoms with E-state index in [1.807, 2.05) is 13.8 Å². The van der Waals surface area contributed by atoms with Crippen LogP contribution in [0.5, 0.6) is 0 Å². The Morgan fingerprint density at radius 1 is 0.955 bits per heavy atom. The van der Waals surface area contributed by atoms with Gasteiger partial charge in [0.2, 0.25) is 0 Å². The lowest BCUT2D eigenvalue weighted by Crippen LogP contribution is -2.14. The molecule has 3 heteroatoms. The molecular weight excluding hydrogens is 276 g/mol. The highest BCUT2D eigenvalue weighted by Gasteiger charge is 2.37. The molecule has 0 bridgehead atoms. The minimum atomic E-state index is -0.396. The zero-order valence-corrected chi connectivity index (χ0v) is 15.0. The Morgan fingerprint density at radius 2 is 1.36 bits per heavy atom. The molecule has 0 radical (unpaired) electrons. The van der Waals surface area contributed by atoms with Gasteiger partial charge in [0.05, 0.1) is 11.8 Å². The molecule has 0 N–H and O–H groups in total. The summed E-state index contributed by atoms with van der Waals surface area (Å²) in [4.78, 5) is 21.1. The van der Waals surface area contributed by atoms with Gasteiger partial charge in [-0.25, -0.2) is 0 Å². The van der Waals surface area contributed by atoms with Crippen molar-refractivity contribution < 1.29 is 14.3 Å².